The zero-order valence-corrected chi connectivity index (χ0v) is 14.7. The van der Waals surface area contributed by atoms with E-state index in [0.717, 1.165) is 47.8 Å². The molecule has 2 aromatic heterocycles. The van der Waals surface area contributed by atoms with E-state index in [-0.39, 0.29) is 0 Å². The summed E-state index contributed by atoms with van der Waals surface area (Å²) in [6.07, 6.45) is 0. The van der Waals surface area contributed by atoms with E-state index in [1.54, 1.807) is 0 Å². The fourth-order valence-corrected chi connectivity index (χ4v) is 3.62. The quantitative estimate of drug-likeness (QED) is 0.544. The predicted octanol–water partition coefficient (Wildman–Crippen LogP) is 2.65. The van der Waals surface area contributed by atoms with Crippen molar-refractivity contribution < 1.29 is 0 Å². The maximum Gasteiger partial charge on any atom is 0.207 e. The molecule has 5 rings (SSSR count). The number of hydrogen-bond acceptors (Lipinski definition) is 6. The first-order valence-corrected chi connectivity index (χ1v) is 8.90. The summed E-state index contributed by atoms with van der Waals surface area (Å²) in [6, 6.07) is 16.1. The molecule has 1 aliphatic rings. The molecule has 26 heavy (non-hydrogen) atoms. The van der Waals surface area contributed by atoms with Crippen molar-refractivity contribution in [1.29, 1.82) is 0 Å². The number of rotatable bonds is 2. The van der Waals surface area contributed by atoms with Crippen LogP contribution < -0.4 is 9.80 Å². The Morgan fingerprint density at radius 3 is 2.27 bits per heavy atom. The molecule has 1 saturated heterocycles. The molecule has 0 saturated carbocycles. The number of piperazine rings is 1. The molecule has 0 amide bonds. The Balaban J connectivity index is 1.46. The van der Waals surface area contributed by atoms with Crippen LogP contribution in [0.15, 0.2) is 48.5 Å². The summed E-state index contributed by atoms with van der Waals surface area (Å²) in [6.45, 7) is 3.61. The van der Waals surface area contributed by atoms with Crippen LogP contribution in [0.4, 0.5) is 11.5 Å². The molecular formula is C18H16ClN7. The van der Waals surface area contributed by atoms with E-state index in [0.29, 0.717) is 5.65 Å². The smallest absolute Gasteiger partial charge is 0.207 e. The SMILES string of the molecule is Clc1ccc(N2CCN(c3nn4nnnc4c4ccccc34)CC2)cc1. The molecular weight excluding hydrogens is 350 g/mol. The average molecular weight is 366 g/mol. The molecule has 8 heteroatoms. The normalized spacial score (nSPS) is 15.1. The summed E-state index contributed by atoms with van der Waals surface area (Å²) < 4.78 is 1.52. The number of anilines is 2. The van der Waals surface area contributed by atoms with E-state index in [2.05, 4.69) is 48.6 Å². The minimum atomic E-state index is 0.684. The van der Waals surface area contributed by atoms with Gasteiger partial charge in [-0.25, -0.2) is 0 Å². The minimum Gasteiger partial charge on any atom is -0.368 e. The van der Waals surface area contributed by atoms with E-state index in [4.69, 9.17) is 11.6 Å². The summed E-state index contributed by atoms with van der Waals surface area (Å²) in [4.78, 5) is 4.67. The summed E-state index contributed by atoms with van der Waals surface area (Å²) in [5.41, 5.74) is 1.88. The van der Waals surface area contributed by atoms with Crippen LogP contribution in [0.1, 0.15) is 0 Å². The number of nitrogens with zero attached hydrogens (tertiary/aromatic N) is 7. The molecule has 4 aromatic rings. The van der Waals surface area contributed by atoms with Crippen molar-refractivity contribution in [2.45, 2.75) is 0 Å². The number of aromatic nitrogens is 5. The highest BCUT2D eigenvalue weighted by molar-refractivity contribution is 6.30. The lowest BCUT2D eigenvalue weighted by molar-refractivity contribution is 0.636. The van der Waals surface area contributed by atoms with Crippen molar-refractivity contribution >= 4 is 39.5 Å². The van der Waals surface area contributed by atoms with Crippen molar-refractivity contribution in [3.05, 3.63) is 53.6 Å². The van der Waals surface area contributed by atoms with Crippen molar-refractivity contribution in [1.82, 2.24) is 25.3 Å². The van der Waals surface area contributed by atoms with Crippen LogP contribution in [0.5, 0.6) is 0 Å². The van der Waals surface area contributed by atoms with Crippen molar-refractivity contribution in [2.24, 2.45) is 0 Å². The van der Waals surface area contributed by atoms with Crippen LogP contribution in [0.2, 0.25) is 5.02 Å². The van der Waals surface area contributed by atoms with Gasteiger partial charge in [0.25, 0.3) is 0 Å². The summed E-state index contributed by atoms with van der Waals surface area (Å²) >= 11 is 5.99. The molecule has 0 radical (unpaired) electrons. The predicted molar refractivity (Wildman–Crippen MR) is 102 cm³/mol. The molecule has 1 fully saturated rings. The second-order valence-electron chi connectivity index (χ2n) is 6.31. The Labute approximate surface area is 154 Å². The number of halogens is 1. The standard InChI is InChI=1S/C18H16ClN7/c19-13-5-7-14(8-6-13)24-9-11-25(12-10-24)18-16-4-2-1-3-15(16)17-20-22-23-26(17)21-18/h1-8H,9-12H2. The molecule has 0 bridgehead atoms. The summed E-state index contributed by atoms with van der Waals surface area (Å²) in [7, 11) is 0. The summed E-state index contributed by atoms with van der Waals surface area (Å²) in [5, 5.41) is 19.4. The summed E-state index contributed by atoms with van der Waals surface area (Å²) in [5.74, 6) is 0.927. The largest absolute Gasteiger partial charge is 0.368 e. The second kappa shape index (κ2) is 6.10. The molecule has 7 nitrogen and oxygen atoms in total. The number of hydrogen-bond donors (Lipinski definition) is 0. The minimum absolute atomic E-state index is 0.684. The van der Waals surface area contributed by atoms with E-state index >= 15 is 0 Å². The van der Waals surface area contributed by atoms with Gasteiger partial charge in [-0.05, 0) is 34.7 Å². The van der Waals surface area contributed by atoms with Gasteiger partial charge in [-0.15, -0.1) is 14.8 Å². The average Bonchev–Trinajstić information content (AvgIpc) is 3.17. The van der Waals surface area contributed by atoms with Crippen LogP contribution in [0.3, 0.4) is 0 Å². The Morgan fingerprint density at radius 1 is 0.808 bits per heavy atom. The van der Waals surface area contributed by atoms with Gasteiger partial charge in [0, 0.05) is 47.7 Å². The molecule has 0 aliphatic carbocycles. The van der Waals surface area contributed by atoms with Crippen LogP contribution in [0.25, 0.3) is 16.4 Å². The van der Waals surface area contributed by atoms with Gasteiger partial charge in [0.15, 0.2) is 5.82 Å². The van der Waals surface area contributed by atoms with E-state index in [1.165, 1.54) is 10.3 Å². The van der Waals surface area contributed by atoms with Gasteiger partial charge in [-0.3, -0.25) is 0 Å². The third kappa shape index (κ3) is 2.52. The number of benzene rings is 2. The molecule has 1 aliphatic heterocycles. The molecule has 2 aromatic carbocycles. The van der Waals surface area contributed by atoms with Gasteiger partial charge in [-0.1, -0.05) is 35.9 Å². The monoisotopic (exact) mass is 365 g/mol. The van der Waals surface area contributed by atoms with Crippen LogP contribution in [-0.4, -0.2) is 51.4 Å². The topological polar surface area (TPSA) is 62.5 Å². The molecule has 3 heterocycles. The van der Waals surface area contributed by atoms with Crippen molar-refractivity contribution in [3.63, 3.8) is 0 Å². The lowest BCUT2D eigenvalue weighted by Gasteiger charge is -2.37. The zero-order valence-electron chi connectivity index (χ0n) is 14.0. The van der Waals surface area contributed by atoms with E-state index in [9.17, 15) is 0 Å². The lowest BCUT2D eigenvalue weighted by Crippen LogP contribution is -2.47. The fourth-order valence-electron chi connectivity index (χ4n) is 3.49. The van der Waals surface area contributed by atoms with Gasteiger partial charge in [0.05, 0.1) is 0 Å². The Bertz CT molecular complexity index is 1070. The fraction of sp³-hybridized carbons (Fsp3) is 0.222. The maximum atomic E-state index is 5.99. The number of tetrazole rings is 1. The molecule has 0 unspecified atom stereocenters. The van der Waals surface area contributed by atoms with Gasteiger partial charge in [-0.2, -0.15) is 0 Å². The van der Waals surface area contributed by atoms with E-state index < -0.39 is 0 Å². The first-order valence-electron chi connectivity index (χ1n) is 8.52. The van der Waals surface area contributed by atoms with Crippen LogP contribution in [-0.2, 0) is 0 Å². The Hall–Kier alpha value is -2.93. The molecule has 0 spiro atoms. The van der Waals surface area contributed by atoms with Gasteiger partial charge in [0.1, 0.15) is 0 Å². The van der Waals surface area contributed by atoms with Crippen molar-refractivity contribution in [2.75, 3.05) is 36.0 Å². The van der Waals surface area contributed by atoms with E-state index in [1.807, 2.05) is 30.3 Å². The van der Waals surface area contributed by atoms with Crippen LogP contribution >= 0.6 is 11.6 Å². The maximum absolute atomic E-state index is 5.99. The molecule has 0 N–H and O–H groups in total. The lowest BCUT2D eigenvalue weighted by atomic mass is 10.1. The third-order valence-electron chi connectivity index (χ3n) is 4.82. The van der Waals surface area contributed by atoms with Gasteiger partial charge < -0.3 is 9.80 Å². The second-order valence-corrected chi connectivity index (χ2v) is 6.75. The third-order valence-corrected chi connectivity index (χ3v) is 5.07. The van der Waals surface area contributed by atoms with Gasteiger partial charge in [0.2, 0.25) is 5.65 Å². The highest BCUT2D eigenvalue weighted by atomic mass is 35.5. The first-order chi connectivity index (χ1) is 12.8. The zero-order chi connectivity index (χ0) is 17.5. The van der Waals surface area contributed by atoms with Crippen LogP contribution in [0, 0.1) is 0 Å². The first kappa shape index (κ1) is 15.3. The molecule has 0 atom stereocenters. The molecule has 130 valence electrons. The number of fused-ring (bicyclic) bond motifs is 3. The van der Waals surface area contributed by atoms with Gasteiger partial charge >= 0.3 is 0 Å². The Morgan fingerprint density at radius 2 is 1.50 bits per heavy atom. The highest BCUT2D eigenvalue weighted by Gasteiger charge is 2.22. The van der Waals surface area contributed by atoms with Crippen molar-refractivity contribution in [3.8, 4) is 0 Å². The highest BCUT2D eigenvalue weighted by Crippen LogP contribution is 2.28. The Kier molecular flexibility index (Phi) is 3.60.